The normalized spacial score (nSPS) is 13.4. The van der Waals surface area contributed by atoms with Crippen molar-refractivity contribution in [3.8, 4) is 0 Å². The third-order valence-electron chi connectivity index (χ3n) is 3.37. The Balaban J connectivity index is 2.33. The highest BCUT2D eigenvalue weighted by Crippen LogP contribution is 2.26. The summed E-state index contributed by atoms with van der Waals surface area (Å²) < 4.78 is 39.3. The molecule has 0 N–H and O–H groups in total. The highest BCUT2D eigenvalue weighted by Gasteiger charge is 2.26. The summed E-state index contributed by atoms with van der Waals surface area (Å²) in [5.74, 6) is -0.355. The van der Waals surface area contributed by atoms with Crippen molar-refractivity contribution in [1.29, 1.82) is 0 Å². The largest absolute Gasteiger partial charge is 0.243 e. The van der Waals surface area contributed by atoms with Gasteiger partial charge in [0.2, 0.25) is 10.0 Å². The van der Waals surface area contributed by atoms with E-state index in [9.17, 15) is 12.8 Å². The number of rotatable bonds is 4. The maximum atomic E-state index is 12.9. The Labute approximate surface area is 129 Å². The predicted molar refractivity (Wildman–Crippen MR) is 81.2 cm³/mol. The molecule has 0 radical (unpaired) electrons. The second kappa shape index (κ2) is 6.13. The molecule has 0 aliphatic rings. The lowest BCUT2D eigenvalue weighted by molar-refractivity contribution is 0.398. The van der Waals surface area contributed by atoms with E-state index in [1.807, 2.05) is 0 Å². The summed E-state index contributed by atoms with van der Waals surface area (Å²) in [7, 11) is -2.17. The Morgan fingerprint density at radius 3 is 2.33 bits per heavy atom. The van der Waals surface area contributed by atoms with Gasteiger partial charge in [-0.15, -0.1) is 0 Å². The van der Waals surface area contributed by atoms with Crippen LogP contribution in [0.4, 0.5) is 4.39 Å². The zero-order valence-electron chi connectivity index (χ0n) is 11.6. The van der Waals surface area contributed by atoms with Crippen LogP contribution >= 0.6 is 11.6 Å². The van der Waals surface area contributed by atoms with Gasteiger partial charge in [0.1, 0.15) is 5.82 Å². The van der Waals surface area contributed by atoms with Crippen molar-refractivity contribution < 1.29 is 12.8 Å². The Morgan fingerprint density at radius 1 is 1.14 bits per heavy atom. The van der Waals surface area contributed by atoms with Gasteiger partial charge in [-0.3, -0.25) is 0 Å². The Kier molecular flexibility index (Phi) is 4.66. The van der Waals surface area contributed by atoms with E-state index in [4.69, 9.17) is 11.6 Å². The van der Waals surface area contributed by atoms with Crippen molar-refractivity contribution >= 4 is 21.6 Å². The second-order valence-corrected chi connectivity index (χ2v) is 7.14. The average Bonchev–Trinajstić information content (AvgIpc) is 2.46. The fourth-order valence-electron chi connectivity index (χ4n) is 1.95. The Hall–Kier alpha value is -1.43. The van der Waals surface area contributed by atoms with Gasteiger partial charge in [-0.05, 0) is 42.8 Å². The molecule has 0 bridgehead atoms. The lowest BCUT2D eigenvalue weighted by Crippen LogP contribution is -2.29. The van der Waals surface area contributed by atoms with E-state index in [0.29, 0.717) is 10.6 Å². The smallest absolute Gasteiger partial charge is 0.207 e. The van der Waals surface area contributed by atoms with Crippen LogP contribution in [0.3, 0.4) is 0 Å². The molecule has 0 aliphatic heterocycles. The van der Waals surface area contributed by atoms with Crippen LogP contribution in [0.1, 0.15) is 18.5 Å². The lowest BCUT2D eigenvalue weighted by atomic mass is 10.1. The van der Waals surface area contributed by atoms with Crippen LogP contribution in [0.25, 0.3) is 0 Å². The zero-order valence-corrected chi connectivity index (χ0v) is 13.2. The molecule has 0 saturated heterocycles. The molecule has 1 unspecified atom stereocenters. The van der Waals surface area contributed by atoms with Crippen LogP contribution in [0.15, 0.2) is 53.4 Å². The van der Waals surface area contributed by atoms with Crippen LogP contribution in [0.5, 0.6) is 0 Å². The first-order chi connectivity index (χ1) is 9.82. The minimum absolute atomic E-state index is 0.131. The summed E-state index contributed by atoms with van der Waals surface area (Å²) in [5, 5.41) is 0.360. The summed E-state index contributed by atoms with van der Waals surface area (Å²) in [6, 6.07) is 11.5. The van der Waals surface area contributed by atoms with Crippen molar-refractivity contribution in [2.75, 3.05) is 7.05 Å². The molecule has 112 valence electrons. The summed E-state index contributed by atoms with van der Waals surface area (Å²) in [4.78, 5) is 0.131. The fraction of sp³-hybridized carbons (Fsp3) is 0.200. The minimum atomic E-state index is -3.66. The molecule has 6 heteroatoms. The van der Waals surface area contributed by atoms with E-state index in [2.05, 4.69) is 0 Å². The first-order valence-electron chi connectivity index (χ1n) is 6.31. The van der Waals surface area contributed by atoms with Gasteiger partial charge >= 0.3 is 0 Å². The molecule has 0 amide bonds. The van der Waals surface area contributed by atoms with Gasteiger partial charge < -0.3 is 0 Å². The van der Waals surface area contributed by atoms with E-state index in [1.54, 1.807) is 31.2 Å². The highest BCUT2D eigenvalue weighted by atomic mass is 35.5. The molecule has 2 rings (SSSR count). The quantitative estimate of drug-likeness (QED) is 0.855. The van der Waals surface area contributed by atoms with Crippen molar-refractivity contribution in [2.24, 2.45) is 0 Å². The molecule has 0 saturated carbocycles. The van der Waals surface area contributed by atoms with Crippen molar-refractivity contribution in [3.05, 3.63) is 64.9 Å². The van der Waals surface area contributed by atoms with Gasteiger partial charge in [-0.1, -0.05) is 29.8 Å². The molecule has 0 spiro atoms. The van der Waals surface area contributed by atoms with Crippen molar-refractivity contribution in [1.82, 2.24) is 4.31 Å². The van der Waals surface area contributed by atoms with Gasteiger partial charge in [-0.25, -0.2) is 12.8 Å². The predicted octanol–water partition coefficient (Wildman–Crippen LogP) is 3.86. The van der Waals surface area contributed by atoms with Gasteiger partial charge in [-0.2, -0.15) is 4.31 Å². The topological polar surface area (TPSA) is 37.4 Å². The molecule has 0 fully saturated rings. The first kappa shape index (κ1) is 15.9. The van der Waals surface area contributed by atoms with Crippen LogP contribution in [0.2, 0.25) is 5.02 Å². The molecule has 3 nitrogen and oxygen atoms in total. The lowest BCUT2D eigenvalue weighted by Gasteiger charge is -2.24. The molecule has 0 aromatic heterocycles. The van der Waals surface area contributed by atoms with Crippen LogP contribution in [-0.2, 0) is 10.0 Å². The van der Waals surface area contributed by atoms with Crippen LogP contribution in [-0.4, -0.2) is 19.8 Å². The molecular weight excluding hydrogens is 313 g/mol. The van der Waals surface area contributed by atoms with Gasteiger partial charge in [0, 0.05) is 18.1 Å². The van der Waals surface area contributed by atoms with E-state index >= 15 is 0 Å². The second-order valence-electron chi connectivity index (χ2n) is 4.71. The molecule has 0 aliphatic carbocycles. The monoisotopic (exact) mass is 327 g/mol. The fourth-order valence-corrected chi connectivity index (χ4v) is 3.61. The van der Waals surface area contributed by atoms with Crippen molar-refractivity contribution in [2.45, 2.75) is 17.9 Å². The standard InChI is InChI=1S/C15H15ClFNO2S/c1-11(12-6-8-14(17)9-7-12)18(2)21(19,20)15-5-3-4-13(16)10-15/h3-11H,1-2H3. The van der Waals surface area contributed by atoms with E-state index in [0.717, 1.165) is 0 Å². The van der Waals surface area contributed by atoms with E-state index in [1.165, 1.54) is 35.6 Å². The SMILES string of the molecule is CC(c1ccc(F)cc1)N(C)S(=O)(=O)c1cccc(Cl)c1. The Morgan fingerprint density at radius 2 is 1.76 bits per heavy atom. The Bertz CT molecular complexity index is 732. The number of sulfonamides is 1. The first-order valence-corrected chi connectivity index (χ1v) is 8.13. The number of halogens is 2. The summed E-state index contributed by atoms with van der Waals surface area (Å²) in [6.45, 7) is 1.75. The molecule has 21 heavy (non-hydrogen) atoms. The van der Waals surface area contributed by atoms with Crippen molar-refractivity contribution in [3.63, 3.8) is 0 Å². The van der Waals surface area contributed by atoms with Gasteiger partial charge in [0.15, 0.2) is 0 Å². The number of benzene rings is 2. The van der Waals surface area contributed by atoms with Gasteiger partial charge in [0.05, 0.1) is 4.90 Å². The van der Waals surface area contributed by atoms with Crippen LogP contribution < -0.4 is 0 Å². The molecular formula is C15H15ClFNO2S. The number of hydrogen-bond acceptors (Lipinski definition) is 2. The third-order valence-corrected chi connectivity index (χ3v) is 5.53. The maximum absolute atomic E-state index is 12.9. The highest BCUT2D eigenvalue weighted by molar-refractivity contribution is 7.89. The molecule has 0 heterocycles. The minimum Gasteiger partial charge on any atom is -0.207 e. The summed E-state index contributed by atoms with van der Waals surface area (Å²) in [6.07, 6.45) is 0. The molecule has 1 atom stereocenters. The number of hydrogen-bond donors (Lipinski definition) is 0. The summed E-state index contributed by atoms with van der Waals surface area (Å²) >= 11 is 5.84. The summed E-state index contributed by atoms with van der Waals surface area (Å²) in [5.41, 5.74) is 0.713. The average molecular weight is 328 g/mol. The van der Waals surface area contributed by atoms with Gasteiger partial charge in [0.25, 0.3) is 0 Å². The molecule has 2 aromatic carbocycles. The van der Waals surface area contributed by atoms with E-state index < -0.39 is 16.1 Å². The third kappa shape index (κ3) is 3.43. The zero-order chi connectivity index (χ0) is 15.6. The maximum Gasteiger partial charge on any atom is 0.243 e. The van der Waals surface area contributed by atoms with Crippen LogP contribution in [0, 0.1) is 5.82 Å². The molecule has 2 aromatic rings. The number of nitrogens with zero attached hydrogens (tertiary/aromatic N) is 1. The van der Waals surface area contributed by atoms with E-state index in [-0.39, 0.29) is 10.7 Å².